The lowest BCUT2D eigenvalue weighted by Crippen LogP contribution is -2.15. The molecule has 178 valence electrons. The van der Waals surface area contributed by atoms with Gasteiger partial charge in [-0.05, 0) is 85.3 Å². The molecule has 4 rings (SSSR count). The number of rotatable bonds is 8. The van der Waals surface area contributed by atoms with Crippen LogP contribution < -0.4 is 4.74 Å². The largest absolute Gasteiger partial charge is 0.490 e. The zero-order chi connectivity index (χ0) is 24.0. The molecule has 0 unspecified atom stereocenters. The van der Waals surface area contributed by atoms with E-state index in [1.807, 2.05) is 38.0 Å². The van der Waals surface area contributed by atoms with Crippen LogP contribution in [-0.4, -0.2) is 24.0 Å². The quantitative estimate of drug-likeness (QED) is 0.462. The number of hydrogen-bond donors (Lipinski definition) is 1. The van der Waals surface area contributed by atoms with Crippen LogP contribution in [0.15, 0.2) is 36.4 Å². The highest BCUT2D eigenvalue weighted by atomic mass is 19.1. The van der Waals surface area contributed by atoms with Gasteiger partial charge in [0.25, 0.3) is 0 Å². The monoisotopic (exact) mass is 454 g/mol. The van der Waals surface area contributed by atoms with Gasteiger partial charge in [0.2, 0.25) is 0 Å². The molecule has 1 N–H and O–H groups in total. The molecule has 2 aromatic rings. The molecule has 0 heterocycles. The van der Waals surface area contributed by atoms with Crippen molar-refractivity contribution in [2.24, 2.45) is 5.92 Å². The number of hydrogen-bond acceptors (Lipinski definition) is 3. The molecule has 0 amide bonds. The van der Waals surface area contributed by atoms with Gasteiger partial charge in [0.15, 0.2) is 0 Å². The summed E-state index contributed by atoms with van der Waals surface area (Å²) in [4.78, 5) is 19.8. The van der Waals surface area contributed by atoms with Crippen LogP contribution in [-0.2, 0) is 9.59 Å². The van der Waals surface area contributed by atoms with Gasteiger partial charge in [0, 0.05) is 5.56 Å². The molecular formula is C28H35FO4. The van der Waals surface area contributed by atoms with Crippen molar-refractivity contribution in [1.29, 1.82) is 0 Å². The van der Waals surface area contributed by atoms with E-state index in [1.165, 1.54) is 12.5 Å². The van der Waals surface area contributed by atoms with E-state index in [0.717, 1.165) is 66.5 Å². The molecule has 4 nitrogen and oxygen atoms in total. The molecule has 0 spiro atoms. The molecule has 0 aromatic heterocycles. The highest BCUT2D eigenvalue weighted by Gasteiger charge is 2.30. The van der Waals surface area contributed by atoms with Crippen LogP contribution in [0.4, 0.5) is 4.39 Å². The minimum absolute atomic E-state index is 0.164. The van der Waals surface area contributed by atoms with E-state index in [0.29, 0.717) is 12.3 Å². The summed E-state index contributed by atoms with van der Waals surface area (Å²) in [6.07, 6.45) is 8.21. The summed E-state index contributed by atoms with van der Waals surface area (Å²) in [5, 5.41) is 9.69. The molecule has 3 atom stereocenters. The summed E-state index contributed by atoms with van der Waals surface area (Å²) in [7, 11) is 0. The van der Waals surface area contributed by atoms with Gasteiger partial charge < -0.3 is 14.6 Å². The third kappa shape index (κ3) is 5.45. The highest BCUT2D eigenvalue weighted by Crippen LogP contribution is 2.46. The molecule has 2 aliphatic carbocycles. The first-order valence-electron chi connectivity index (χ1n) is 12.1. The van der Waals surface area contributed by atoms with Crippen LogP contribution >= 0.6 is 0 Å². The third-order valence-corrected chi connectivity index (χ3v) is 7.33. The van der Waals surface area contributed by atoms with Crippen molar-refractivity contribution in [3.05, 3.63) is 53.3 Å². The summed E-state index contributed by atoms with van der Waals surface area (Å²) in [6, 6.07) is 11.0. The topological polar surface area (TPSA) is 63.6 Å². The Morgan fingerprint density at radius 3 is 2.45 bits per heavy atom. The Kier molecular flexibility index (Phi) is 8.65. The van der Waals surface area contributed by atoms with Crippen LogP contribution in [0.1, 0.15) is 88.2 Å². The zero-order valence-electron chi connectivity index (χ0n) is 19.7. The molecule has 2 aliphatic rings. The number of carbonyl (C=O) groups excluding carboxylic acids is 1. The van der Waals surface area contributed by atoms with Gasteiger partial charge in [-0.3, -0.25) is 4.79 Å². The molecule has 2 fully saturated rings. The maximum Gasteiger partial charge on any atom is 0.310 e. The first-order chi connectivity index (χ1) is 16.0. The average molecular weight is 455 g/mol. The second-order valence-corrected chi connectivity index (χ2v) is 9.21. The van der Waals surface area contributed by atoms with Crippen LogP contribution in [0, 0.1) is 11.7 Å². The van der Waals surface area contributed by atoms with Gasteiger partial charge in [0.05, 0.1) is 12.0 Å². The van der Waals surface area contributed by atoms with Gasteiger partial charge >= 0.3 is 5.97 Å². The van der Waals surface area contributed by atoms with Gasteiger partial charge in [-0.2, -0.15) is 0 Å². The summed E-state index contributed by atoms with van der Waals surface area (Å²) >= 11 is 0. The maximum atomic E-state index is 15.0. The van der Waals surface area contributed by atoms with E-state index in [-0.39, 0.29) is 17.8 Å². The van der Waals surface area contributed by atoms with E-state index < -0.39 is 11.9 Å². The normalized spacial score (nSPS) is 20.9. The van der Waals surface area contributed by atoms with E-state index in [2.05, 4.69) is 6.92 Å². The predicted molar refractivity (Wildman–Crippen MR) is 128 cm³/mol. The van der Waals surface area contributed by atoms with Crippen LogP contribution in [0.5, 0.6) is 5.75 Å². The lowest BCUT2D eigenvalue weighted by Gasteiger charge is -2.29. The smallest absolute Gasteiger partial charge is 0.310 e. The molecule has 0 bridgehead atoms. The first kappa shape index (κ1) is 24.9. The molecule has 2 aromatic carbocycles. The van der Waals surface area contributed by atoms with Crippen molar-refractivity contribution in [2.75, 3.05) is 0 Å². The van der Waals surface area contributed by atoms with Crippen molar-refractivity contribution in [2.45, 2.75) is 83.2 Å². The van der Waals surface area contributed by atoms with Gasteiger partial charge in [0.1, 0.15) is 18.4 Å². The fraction of sp³-hybridized carbons (Fsp3) is 0.500. The summed E-state index contributed by atoms with van der Waals surface area (Å²) in [5.74, 6) is 0.0910. The standard InChI is InChI=1S/C27H33FO3.CH2O/c1-3-17-11-13-20(15-17)31-25-14-12-19(21(4-2)27(29)30)16-23(25)22-9-6-10-24(28)26(22)18-7-5-8-18;1-2/h6,9-10,12,14,16-18,20-21H,3-5,7-8,11,13,15H2,1-2H3,(H,29,30);1H2/t17-,20-,21-;/m1./s1. The number of benzene rings is 2. The Bertz CT molecular complexity index is 953. The number of carbonyl (C=O) groups is 2. The van der Waals surface area contributed by atoms with Gasteiger partial charge in [-0.25, -0.2) is 4.39 Å². The van der Waals surface area contributed by atoms with E-state index in [1.54, 1.807) is 6.07 Å². The lowest BCUT2D eigenvalue weighted by atomic mass is 9.76. The summed E-state index contributed by atoms with van der Waals surface area (Å²) in [5.41, 5.74) is 3.20. The SMILES string of the molecule is C=O.CC[C@@H]1CC[C@@H](Oc2ccc([C@@H](CC)C(=O)O)cc2-c2cccc(F)c2C2CCC2)C1. The Morgan fingerprint density at radius 2 is 1.88 bits per heavy atom. The molecular weight excluding hydrogens is 419 g/mol. The number of carboxylic acids is 1. The van der Waals surface area contributed by atoms with Gasteiger partial charge in [-0.1, -0.05) is 44.9 Å². The maximum absolute atomic E-state index is 15.0. The van der Waals surface area contributed by atoms with Gasteiger partial charge in [-0.15, -0.1) is 0 Å². The van der Waals surface area contributed by atoms with Crippen LogP contribution in [0.3, 0.4) is 0 Å². The van der Waals surface area contributed by atoms with E-state index >= 15 is 0 Å². The van der Waals surface area contributed by atoms with Crippen molar-refractivity contribution in [3.8, 4) is 16.9 Å². The fourth-order valence-corrected chi connectivity index (χ4v) is 5.20. The molecule has 0 radical (unpaired) electrons. The Labute approximate surface area is 196 Å². The van der Waals surface area contributed by atoms with Crippen LogP contribution in [0.2, 0.25) is 0 Å². The second-order valence-electron chi connectivity index (χ2n) is 9.21. The average Bonchev–Trinajstić information content (AvgIpc) is 3.24. The lowest BCUT2D eigenvalue weighted by molar-refractivity contribution is -0.138. The molecule has 0 saturated heterocycles. The van der Waals surface area contributed by atoms with Crippen molar-refractivity contribution in [3.63, 3.8) is 0 Å². The summed E-state index contributed by atoms with van der Waals surface area (Å²) < 4.78 is 21.4. The molecule has 0 aliphatic heterocycles. The van der Waals surface area contributed by atoms with Crippen molar-refractivity contribution < 1.29 is 23.8 Å². The van der Waals surface area contributed by atoms with Crippen LogP contribution in [0.25, 0.3) is 11.1 Å². The Morgan fingerprint density at radius 1 is 1.12 bits per heavy atom. The predicted octanol–water partition coefficient (Wildman–Crippen LogP) is 7.11. The number of ether oxygens (including phenoxy) is 1. The molecule has 33 heavy (non-hydrogen) atoms. The third-order valence-electron chi connectivity index (χ3n) is 7.33. The minimum atomic E-state index is -0.831. The molecule has 5 heteroatoms. The minimum Gasteiger partial charge on any atom is -0.490 e. The number of aliphatic carboxylic acids is 1. The first-order valence-corrected chi connectivity index (χ1v) is 12.1. The number of halogens is 1. The van der Waals surface area contributed by atoms with E-state index in [9.17, 15) is 14.3 Å². The summed E-state index contributed by atoms with van der Waals surface area (Å²) in [6.45, 7) is 6.11. The van der Waals surface area contributed by atoms with Crippen molar-refractivity contribution in [1.82, 2.24) is 0 Å². The zero-order valence-corrected chi connectivity index (χ0v) is 19.7. The van der Waals surface area contributed by atoms with Crippen molar-refractivity contribution >= 4 is 12.8 Å². The Balaban J connectivity index is 0.00000149. The molecule has 2 saturated carbocycles. The fourth-order valence-electron chi connectivity index (χ4n) is 5.20. The van der Waals surface area contributed by atoms with E-state index in [4.69, 9.17) is 9.53 Å². The second kappa shape index (κ2) is 11.4. The Hall–Kier alpha value is -2.69. The highest BCUT2D eigenvalue weighted by molar-refractivity contribution is 5.80. The number of carboxylic acid groups (broad SMARTS) is 1.